The monoisotopic (exact) mass is 512 g/mol. The molecule has 2 heterocycles. The first-order valence-electron chi connectivity index (χ1n) is 12.1. The summed E-state index contributed by atoms with van der Waals surface area (Å²) in [6.07, 6.45) is 1.54. The van der Waals surface area contributed by atoms with E-state index in [4.69, 9.17) is 4.74 Å². The molecule has 0 saturated heterocycles. The first-order valence-corrected chi connectivity index (χ1v) is 13.0. The first-order chi connectivity index (χ1) is 17.4. The van der Waals surface area contributed by atoms with Crippen LogP contribution in [0.4, 0.5) is 8.78 Å². The van der Waals surface area contributed by atoms with E-state index in [-0.39, 0.29) is 42.2 Å². The quantitative estimate of drug-likeness (QED) is 0.369. The number of fused-ring (bicyclic) bond motifs is 1. The second-order valence-electron chi connectivity index (χ2n) is 9.10. The standard InChI is InChI=1S/C28H30F2N2O3S/c1-3-19(2)16-31(28(34)20-7-6-8-21(29)15-20)17-27(33)32-13-11-26-22(12-14-36-26)24(32)18-35-25-10-5-4-9-23(25)30/h4-10,12,14-15,19,24H,3,11,13,16-18H2,1-2H3/t19-,24+/m0/s1. The van der Waals surface area contributed by atoms with E-state index < -0.39 is 17.7 Å². The number of amides is 2. The van der Waals surface area contributed by atoms with Crippen LogP contribution in [0.15, 0.2) is 60.0 Å². The summed E-state index contributed by atoms with van der Waals surface area (Å²) in [5.74, 6) is -1.26. The highest BCUT2D eigenvalue weighted by Gasteiger charge is 2.34. The number of halogens is 2. The Morgan fingerprint density at radius 2 is 1.97 bits per heavy atom. The van der Waals surface area contributed by atoms with Gasteiger partial charge in [-0.25, -0.2) is 8.78 Å². The molecule has 0 radical (unpaired) electrons. The van der Waals surface area contributed by atoms with Crippen LogP contribution in [0.1, 0.15) is 47.1 Å². The Labute approximate surface area is 214 Å². The largest absolute Gasteiger partial charge is 0.488 e. The molecule has 0 bridgehead atoms. The van der Waals surface area contributed by atoms with Gasteiger partial charge in [0.1, 0.15) is 19.0 Å². The van der Waals surface area contributed by atoms with Crippen LogP contribution in [0, 0.1) is 17.6 Å². The number of hydrogen-bond acceptors (Lipinski definition) is 4. The molecular weight excluding hydrogens is 482 g/mol. The van der Waals surface area contributed by atoms with Crippen LogP contribution < -0.4 is 4.74 Å². The summed E-state index contributed by atoms with van der Waals surface area (Å²) in [5.41, 5.74) is 1.20. The first kappa shape index (κ1) is 25.8. The molecule has 0 saturated carbocycles. The third-order valence-corrected chi connectivity index (χ3v) is 7.56. The molecule has 0 unspecified atom stereocenters. The molecule has 2 atom stereocenters. The van der Waals surface area contributed by atoms with Crippen molar-refractivity contribution in [1.29, 1.82) is 0 Å². The third kappa shape index (κ3) is 5.93. The van der Waals surface area contributed by atoms with Crippen molar-refractivity contribution in [2.24, 2.45) is 5.92 Å². The number of carbonyl (C=O) groups is 2. The summed E-state index contributed by atoms with van der Waals surface area (Å²) in [4.78, 5) is 31.3. The molecule has 0 spiro atoms. The maximum atomic E-state index is 14.2. The number of carbonyl (C=O) groups excluding carboxylic acids is 2. The van der Waals surface area contributed by atoms with Gasteiger partial charge in [-0.3, -0.25) is 9.59 Å². The molecule has 36 heavy (non-hydrogen) atoms. The predicted octanol–water partition coefficient (Wildman–Crippen LogP) is 5.72. The zero-order valence-corrected chi connectivity index (χ0v) is 21.3. The Morgan fingerprint density at radius 3 is 2.72 bits per heavy atom. The fourth-order valence-electron chi connectivity index (χ4n) is 4.39. The number of thiophene rings is 1. The van der Waals surface area contributed by atoms with Gasteiger partial charge in [0, 0.05) is 23.5 Å². The zero-order valence-electron chi connectivity index (χ0n) is 20.5. The van der Waals surface area contributed by atoms with Gasteiger partial charge in [0.25, 0.3) is 5.91 Å². The zero-order chi connectivity index (χ0) is 25.7. The lowest BCUT2D eigenvalue weighted by atomic mass is 10.00. The van der Waals surface area contributed by atoms with Gasteiger partial charge in [0.15, 0.2) is 11.6 Å². The van der Waals surface area contributed by atoms with Crippen molar-refractivity contribution in [3.8, 4) is 5.75 Å². The Hall–Kier alpha value is -3.26. The lowest BCUT2D eigenvalue weighted by Gasteiger charge is -2.37. The molecule has 0 fully saturated rings. The van der Waals surface area contributed by atoms with Crippen molar-refractivity contribution in [3.63, 3.8) is 0 Å². The van der Waals surface area contributed by atoms with E-state index in [1.165, 1.54) is 34.0 Å². The van der Waals surface area contributed by atoms with E-state index in [9.17, 15) is 18.4 Å². The molecule has 4 rings (SSSR count). The maximum Gasteiger partial charge on any atom is 0.254 e. The summed E-state index contributed by atoms with van der Waals surface area (Å²) < 4.78 is 33.8. The predicted molar refractivity (Wildman–Crippen MR) is 136 cm³/mol. The minimum absolute atomic E-state index is 0.0968. The fraction of sp³-hybridized carbons (Fsp3) is 0.357. The van der Waals surface area contributed by atoms with Crippen molar-refractivity contribution in [2.45, 2.75) is 32.7 Å². The second kappa shape index (κ2) is 11.6. The van der Waals surface area contributed by atoms with E-state index in [0.29, 0.717) is 19.5 Å². The number of rotatable bonds is 9. The SMILES string of the molecule is CC[C@H](C)CN(CC(=O)N1CCc2sccc2[C@H]1COc1ccccc1F)C(=O)c1cccc(F)c1. The Balaban J connectivity index is 1.55. The molecule has 8 heteroatoms. The van der Waals surface area contributed by atoms with Crippen molar-refractivity contribution < 1.29 is 23.1 Å². The second-order valence-corrected chi connectivity index (χ2v) is 10.1. The molecule has 0 aliphatic carbocycles. The highest BCUT2D eigenvalue weighted by Crippen LogP contribution is 2.34. The van der Waals surface area contributed by atoms with Crippen molar-refractivity contribution >= 4 is 23.2 Å². The highest BCUT2D eigenvalue weighted by molar-refractivity contribution is 7.10. The molecular formula is C28H30F2N2O3S. The van der Waals surface area contributed by atoms with E-state index in [1.54, 1.807) is 40.5 Å². The van der Waals surface area contributed by atoms with Crippen LogP contribution in [0.2, 0.25) is 0 Å². The summed E-state index contributed by atoms with van der Waals surface area (Å²) >= 11 is 1.63. The van der Waals surface area contributed by atoms with Gasteiger partial charge in [0.2, 0.25) is 5.91 Å². The molecule has 3 aromatic rings. The van der Waals surface area contributed by atoms with E-state index >= 15 is 0 Å². The van der Waals surface area contributed by atoms with Gasteiger partial charge in [-0.15, -0.1) is 11.3 Å². The van der Waals surface area contributed by atoms with Gasteiger partial charge >= 0.3 is 0 Å². The van der Waals surface area contributed by atoms with Gasteiger partial charge < -0.3 is 14.5 Å². The average Bonchev–Trinajstić information content (AvgIpc) is 3.36. The summed E-state index contributed by atoms with van der Waals surface area (Å²) in [7, 11) is 0. The van der Waals surface area contributed by atoms with Crippen molar-refractivity contribution in [2.75, 3.05) is 26.2 Å². The number of benzene rings is 2. The maximum absolute atomic E-state index is 14.2. The minimum atomic E-state index is -0.498. The fourth-order valence-corrected chi connectivity index (χ4v) is 5.32. The van der Waals surface area contributed by atoms with Crippen molar-refractivity contribution in [3.05, 3.63) is 87.6 Å². The molecule has 0 N–H and O–H groups in total. The highest BCUT2D eigenvalue weighted by atomic mass is 32.1. The number of nitrogens with zero attached hydrogens (tertiary/aromatic N) is 2. The van der Waals surface area contributed by atoms with Crippen LogP contribution in [-0.2, 0) is 11.2 Å². The lowest BCUT2D eigenvalue weighted by molar-refractivity contribution is -0.135. The summed E-state index contributed by atoms with van der Waals surface area (Å²) in [6, 6.07) is 13.3. The third-order valence-electron chi connectivity index (χ3n) is 6.56. The van der Waals surface area contributed by atoms with Gasteiger partial charge in [-0.05, 0) is 59.7 Å². The van der Waals surface area contributed by atoms with E-state index in [2.05, 4.69) is 0 Å². The topological polar surface area (TPSA) is 49.9 Å². The van der Waals surface area contributed by atoms with Crippen molar-refractivity contribution in [1.82, 2.24) is 9.80 Å². The van der Waals surface area contributed by atoms with Gasteiger partial charge in [-0.1, -0.05) is 38.5 Å². The van der Waals surface area contributed by atoms with Crippen LogP contribution in [0.25, 0.3) is 0 Å². The van der Waals surface area contributed by atoms with Crippen LogP contribution in [0.3, 0.4) is 0 Å². The number of hydrogen-bond donors (Lipinski definition) is 0. The molecule has 5 nitrogen and oxygen atoms in total. The van der Waals surface area contributed by atoms with Crippen LogP contribution in [0.5, 0.6) is 5.75 Å². The Kier molecular flexibility index (Phi) is 8.36. The molecule has 2 aromatic carbocycles. The lowest BCUT2D eigenvalue weighted by Crippen LogP contribution is -2.48. The summed E-state index contributed by atoms with van der Waals surface area (Å²) in [5, 5.41) is 1.98. The van der Waals surface area contributed by atoms with Crippen LogP contribution >= 0.6 is 11.3 Å². The molecule has 190 valence electrons. The van der Waals surface area contributed by atoms with E-state index in [0.717, 1.165) is 12.0 Å². The van der Waals surface area contributed by atoms with Gasteiger partial charge in [-0.2, -0.15) is 0 Å². The normalized spacial score (nSPS) is 15.8. The number of ether oxygens (including phenoxy) is 1. The Morgan fingerprint density at radius 1 is 1.17 bits per heavy atom. The molecule has 1 aromatic heterocycles. The summed E-state index contributed by atoms with van der Waals surface area (Å²) in [6.45, 7) is 4.86. The Bertz CT molecular complexity index is 1210. The molecule has 1 aliphatic rings. The van der Waals surface area contributed by atoms with Gasteiger partial charge in [0.05, 0.1) is 6.04 Å². The minimum Gasteiger partial charge on any atom is -0.488 e. The van der Waals surface area contributed by atoms with E-state index in [1.807, 2.05) is 25.3 Å². The number of para-hydroxylation sites is 1. The molecule has 1 aliphatic heterocycles. The van der Waals surface area contributed by atoms with Crippen LogP contribution in [-0.4, -0.2) is 47.9 Å². The molecule has 2 amide bonds. The smallest absolute Gasteiger partial charge is 0.254 e. The average molecular weight is 513 g/mol.